The zero-order chi connectivity index (χ0) is 67.6. The van der Waals surface area contributed by atoms with Gasteiger partial charge in [-0.15, -0.1) is 0 Å². The lowest BCUT2D eigenvalue weighted by molar-refractivity contribution is 1.08. The molecule has 24 rings (SSSR count). The van der Waals surface area contributed by atoms with E-state index in [1.54, 1.807) is 0 Å². The highest BCUT2D eigenvalue weighted by Gasteiger charge is 2.29. The third-order valence-corrected chi connectivity index (χ3v) is 22.4. The van der Waals surface area contributed by atoms with Crippen LogP contribution in [0.2, 0.25) is 0 Å². The van der Waals surface area contributed by atoms with Crippen LogP contribution in [-0.4, -0.2) is 42.5 Å². The Labute approximate surface area is 592 Å². The number of nitrogens with zero attached hydrogens (tertiary/aromatic N) is 9. The topological polar surface area (TPSA) is 82.1 Å². The van der Waals surface area contributed by atoms with Crippen LogP contribution in [0.3, 0.4) is 0 Å². The molecule has 0 N–H and O–H groups in total. The third kappa shape index (κ3) is 7.52. The maximum Gasteiger partial charge on any atom is 0.164 e. The zero-order valence-electron chi connectivity index (χ0n) is 55.6. The van der Waals surface area contributed by atoms with Gasteiger partial charge in [0.15, 0.2) is 23.3 Å². The molecule has 9 nitrogen and oxygen atoms in total. The molecule has 104 heavy (non-hydrogen) atoms. The third-order valence-electron chi connectivity index (χ3n) is 22.4. The fraction of sp³-hybridized carbons (Fsp3) is 0. The summed E-state index contributed by atoms with van der Waals surface area (Å²) >= 11 is 0. The molecule has 0 saturated carbocycles. The second-order valence-electron chi connectivity index (χ2n) is 27.8. The van der Waals surface area contributed by atoms with Crippen molar-refractivity contribution in [3.63, 3.8) is 0 Å². The molecule has 0 unspecified atom stereocenters. The van der Waals surface area contributed by atoms with Crippen LogP contribution in [0.1, 0.15) is 0 Å². The molecule has 0 radical (unpaired) electrons. The Morgan fingerprint density at radius 2 is 0.519 bits per heavy atom. The summed E-state index contributed by atoms with van der Waals surface area (Å²) in [6, 6.07) is 117. The summed E-state index contributed by atoms with van der Waals surface area (Å²) in [6.07, 6.45) is 0. The SMILES string of the molecule is c1ccc(-c2nc(-c3cccc(-c4ccc5c6c7ccccc7c7c8ccc(-c9nc(-c%10ccccc%10)c%10ccccc%10n9)cc8n8c9ccccc9n(c5c4)c6c78)c3)nc(-c3ccc(-c4ccc5c6c7ccccc7c7c8ccccc8n8c9ccccc9n(c5c4)c6c78)c4ccccc34)n2)cc1. The van der Waals surface area contributed by atoms with Gasteiger partial charge >= 0.3 is 0 Å². The lowest BCUT2D eigenvalue weighted by atomic mass is 9.93. The number of hydrogen-bond donors (Lipinski definition) is 0. The van der Waals surface area contributed by atoms with E-state index in [2.05, 4.69) is 321 Å². The van der Waals surface area contributed by atoms with Gasteiger partial charge in [-0.2, -0.15) is 0 Å². The van der Waals surface area contributed by atoms with Crippen molar-refractivity contribution >= 4 is 153 Å². The molecule has 0 aliphatic carbocycles. The fourth-order valence-electron chi connectivity index (χ4n) is 18.0. The maximum absolute atomic E-state index is 5.49. The van der Waals surface area contributed by atoms with Crippen LogP contribution in [0.5, 0.6) is 0 Å². The van der Waals surface area contributed by atoms with Gasteiger partial charge < -0.3 is 17.6 Å². The standard InChI is InChI=1S/C95H53N9/c1-3-22-54(23-4-1)87-69-34-13-15-36-74(69)96-93(97-87)60-44-47-73-82(53-60)104-79-41-20-19-40-78(79)102-80-51-57(42-45-71(80)84-66-32-11-12-33-67(66)86(73)91(104)90(84)102)56-26-21-27-59(50-56)94-98-92(55-24-5-2-6-25-55)99-95(100-94)68-49-48-61(62-28-7-8-29-63(62)68)58-43-46-72-81(52-58)103-77-39-18-17-38-76(77)101-75-37-16-14-35-70(75)83-64-30-9-10-31-65(64)85(72)89(103)88(83)101/h1-53H. The van der Waals surface area contributed by atoms with E-state index in [1.165, 1.54) is 109 Å². The molecule has 0 spiro atoms. The first kappa shape index (κ1) is 55.7. The van der Waals surface area contributed by atoms with E-state index in [-0.39, 0.29) is 0 Å². The molecular weight excluding hydrogens is 1270 g/mol. The normalized spacial score (nSPS) is 12.4. The Morgan fingerprint density at radius 3 is 1.09 bits per heavy atom. The van der Waals surface area contributed by atoms with Crippen LogP contribution in [0, 0.1) is 0 Å². The van der Waals surface area contributed by atoms with Gasteiger partial charge in [-0.05, 0) is 121 Å². The minimum atomic E-state index is 0.594. The van der Waals surface area contributed by atoms with Crippen molar-refractivity contribution in [3.8, 4) is 79.1 Å². The molecular formula is C95H53N9. The Hall–Kier alpha value is -14.2. The van der Waals surface area contributed by atoms with Crippen molar-refractivity contribution < 1.29 is 0 Å². The highest BCUT2D eigenvalue weighted by atomic mass is 15.0. The first-order valence-corrected chi connectivity index (χ1v) is 35.5. The number of para-hydroxylation sites is 6. The van der Waals surface area contributed by atoms with Crippen LogP contribution < -0.4 is 0 Å². The van der Waals surface area contributed by atoms with Crippen LogP contribution in [0.25, 0.3) is 232 Å². The number of aromatic nitrogens is 9. The van der Waals surface area contributed by atoms with Gasteiger partial charge in [-0.1, -0.05) is 255 Å². The summed E-state index contributed by atoms with van der Waals surface area (Å²) in [5.41, 5.74) is 25.0. The van der Waals surface area contributed by atoms with Crippen LogP contribution in [-0.2, 0) is 0 Å². The van der Waals surface area contributed by atoms with E-state index in [1.807, 2.05) is 18.2 Å². The molecule has 0 atom stereocenters. The molecule has 8 aromatic heterocycles. The minimum absolute atomic E-state index is 0.594. The monoisotopic (exact) mass is 1320 g/mol. The number of fused-ring (bicyclic) bond motifs is 26. The summed E-state index contributed by atoms with van der Waals surface area (Å²) in [6.45, 7) is 0. The van der Waals surface area contributed by atoms with Crippen molar-refractivity contribution in [1.82, 2.24) is 42.5 Å². The summed E-state index contributed by atoms with van der Waals surface area (Å²) in [4.78, 5) is 26.8. The highest BCUT2D eigenvalue weighted by molar-refractivity contribution is 6.39. The van der Waals surface area contributed by atoms with E-state index in [0.29, 0.717) is 23.3 Å². The lowest BCUT2D eigenvalue weighted by Gasteiger charge is -2.14. The fourth-order valence-corrected chi connectivity index (χ4v) is 18.0. The average molecular weight is 1320 g/mol. The first-order chi connectivity index (χ1) is 51.6. The Bertz CT molecular complexity index is 7810. The Balaban J connectivity index is 0.661. The predicted molar refractivity (Wildman–Crippen MR) is 430 cm³/mol. The molecule has 9 heteroatoms. The second kappa shape index (κ2) is 20.7. The van der Waals surface area contributed by atoms with Gasteiger partial charge in [-0.25, -0.2) is 24.9 Å². The number of hydrogen-bond acceptors (Lipinski definition) is 5. The van der Waals surface area contributed by atoms with Gasteiger partial charge in [0.2, 0.25) is 0 Å². The molecule has 0 bridgehead atoms. The summed E-state index contributed by atoms with van der Waals surface area (Å²) in [5, 5.41) is 18.1. The quantitative estimate of drug-likeness (QED) is 0.149. The van der Waals surface area contributed by atoms with E-state index in [4.69, 9.17) is 24.9 Å². The van der Waals surface area contributed by atoms with Crippen LogP contribution in [0.4, 0.5) is 0 Å². The van der Waals surface area contributed by atoms with E-state index < -0.39 is 0 Å². The Morgan fingerprint density at radius 1 is 0.173 bits per heavy atom. The van der Waals surface area contributed by atoms with E-state index in [0.717, 1.165) is 99.5 Å². The predicted octanol–water partition coefficient (Wildman–Crippen LogP) is 24.1. The molecule has 0 aliphatic heterocycles. The summed E-state index contributed by atoms with van der Waals surface area (Å²) in [7, 11) is 0. The summed E-state index contributed by atoms with van der Waals surface area (Å²) in [5.74, 6) is 2.50. The second-order valence-corrected chi connectivity index (χ2v) is 27.8. The lowest BCUT2D eigenvalue weighted by Crippen LogP contribution is -2.01. The number of benzene rings is 16. The Kier molecular flexibility index (Phi) is 11.1. The summed E-state index contributed by atoms with van der Waals surface area (Å²) < 4.78 is 10.1. The molecule has 0 saturated heterocycles. The van der Waals surface area contributed by atoms with Gasteiger partial charge in [0.25, 0.3) is 0 Å². The van der Waals surface area contributed by atoms with E-state index in [9.17, 15) is 0 Å². The smallest absolute Gasteiger partial charge is 0.164 e. The minimum Gasteiger partial charge on any atom is -0.305 e. The average Bonchev–Trinajstić information content (AvgIpc) is 1.51. The molecule has 8 heterocycles. The molecule has 0 aliphatic rings. The van der Waals surface area contributed by atoms with Gasteiger partial charge in [0, 0.05) is 76.3 Å². The van der Waals surface area contributed by atoms with Crippen LogP contribution in [0.15, 0.2) is 322 Å². The van der Waals surface area contributed by atoms with Crippen LogP contribution >= 0.6 is 0 Å². The highest BCUT2D eigenvalue weighted by Crippen LogP contribution is 2.51. The maximum atomic E-state index is 5.49. The molecule has 0 fully saturated rings. The zero-order valence-corrected chi connectivity index (χ0v) is 55.6. The number of rotatable bonds is 7. The van der Waals surface area contributed by atoms with Crippen molar-refractivity contribution in [2.75, 3.05) is 0 Å². The van der Waals surface area contributed by atoms with Gasteiger partial charge in [0.1, 0.15) is 0 Å². The van der Waals surface area contributed by atoms with E-state index >= 15 is 0 Å². The largest absolute Gasteiger partial charge is 0.305 e. The molecule has 0 amide bonds. The molecule has 16 aromatic carbocycles. The van der Waals surface area contributed by atoms with Gasteiger partial charge in [0.05, 0.1) is 77.4 Å². The first-order valence-electron chi connectivity index (χ1n) is 35.5. The van der Waals surface area contributed by atoms with Gasteiger partial charge in [-0.3, -0.25) is 0 Å². The molecule has 24 aromatic rings. The van der Waals surface area contributed by atoms with Crippen molar-refractivity contribution in [1.29, 1.82) is 0 Å². The van der Waals surface area contributed by atoms with Crippen molar-refractivity contribution in [2.24, 2.45) is 0 Å². The molecule has 478 valence electrons. The van der Waals surface area contributed by atoms with Crippen molar-refractivity contribution in [2.45, 2.75) is 0 Å². The van der Waals surface area contributed by atoms with Crippen molar-refractivity contribution in [3.05, 3.63) is 322 Å².